The smallest absolute Gasteiger partial charge is 0.0833 e. The van der Waals surface area contributed by atoms with Crippen LogP contribution in [0.15, 0.2) is 12.3 Å². The van der Waals surface area contributed by atoms with E-state index < -0.39 is 0 Å². The summed E-state index contributed by atoms with van der Waals surface area (Å²) < 4.78 is 8.14. The van der Waals surface area contributed by atoms with Crippen molar-refractivity contribution < 1.29 is 9.84 Å². The maximum atomic E-state index is 9.96. The van der Waals surface area contributed by atoms with Crippen molar-refractivity contribution in [3.05, 3.63) is 23.5 Å². The highest BCUT2D eigenvalue weighted by Crippen LogP contribution is 2.33. The second-order valence-electron chi connectivity index (χ2n) is 5.66. The fourth-order valence-corrected chi connectivity index (χ4v) is 3.20. The lowest BCUT2D eigenvalue weighted by Gasteiger charge is -2.27. The van der Waals surface area contributed by atoms with Crippen molar-refractivity contribution in [3.8, 4) is 0 Å². The summed E-state index contributed by atoms with van der Waals surface area (Å²) in [6.07, 6.45) is 7.27. The van der Waals surface area contributed by atoms with Gasteiger partial charge in [-0.15, -0.1) is 0 Å². The fraction of sp³-hybridized carbons (Fsp3) is 0.714. The maximum absolute atomic E-state index is 9.96. The molecule has 0 radical (unpaired) electrons. The first kappa shape index (κ1) is 11.3. The minimum atomic E-state index is -0.252. The number of aliphatic hydroxyl groups is 1. The third-order valence-corrected chi connectivity index (χ3v) is 4.17. The number of aromatic nitrogens is 1. The number of rotatable bonds is 2. The van der Waals surface area contributed by atoms with Crippen LogP contribution in [0, 0.1) is 0 Å². The number of hydrogen-bond donors (Lipinski definition) is 1. The predicted molar refractivity (Wildman–Crippen MR) is 65.9 cm³/mol. The van der Waals surface area contributed by atoms with Gasteiger partial charge in [0.1, 0.15) is 0 Å². The van der Waals surface area contributed by atoms with Crippen LogP contribution in [0.3, 0.4) is 0 Å². The summed E-state index contributed by atoms with van der Waals surface area (Å²) in [5.41, 5.74) is 2.45. The number of ether oxygens (including phenoxy) is 1. The third-order valence-electron chi connectivity index (χ3n) is 4.17. The molecule has 1 aromatic heterocycles. The van der Waals surface area contributed by atoms with Crippen LogP contribution in [-0.2, 0) is 17.7 Å². The minimum Gasteiger partial charge on any atom is -0.388 e. The van der Waals surface area contributed by atoms with Gasteiger partial charge in [-0.3, -0.25) is 0 Å². The summed E-state index contributed by atoms with van der Waals surface area (Å²) >= 11 is 0. The molecule has 1 aliphatic heterocycles. The second-order valence-corrected chi connectivity index (χ2v) is 5.66. The van der Waals surface area contributed by atoms with E-state index in [1.165, 1.54) is 12.1 Å². The van der Waals surface area contributed by atoms with Crippen molar-refractivity contribution in [2.75, 3.05) is 6.61 Å². The molecule has 94 valence electrons. The van der Waals surface area contributed by atoms with Crippen molar-refractivity contribution in [2.45, 2.75) is 57.3 Å². The summed E-state index contributed by atoms with van der Waals surface area (Å²) in [5, 5.41) is 9.96. The van der Waals surface area contributed by atoms with Crippen molar-refractivity contribution in [3.63, 3.8) is 0 Å². The van der Waals surface area contributed by atoms with E-state index in [2.05, 4.69) is 23.8 Å². The quantitative estimate of drug-likeness (QED) is 0.854. The molecule has 0 spiro atoms. The lowest BCUT2D eigenvalue weighted by Crippen LogP contribution is -2.30. The van der Waals surface area contributed by atoms with E-state index in [-0.39, 0.29) is 11.7 Å². The van der Waals surface area contributed by atoms with Crippen LogP contribution in [0.5, 0.6) is 0 Å². The Morgan fingerprint density at radius 3 is 3.18 bits per heavy atom. The van der Waals surface area contributed by atoms with Gasteiger partial charge in [-0.25, -0.2) is 0 Å². The summed E-state index contributed by atoms with van der Waals surface area (Å²) in [6.45, 7) is 4.02. The lowest BCUT2D eigenvalue weighted by atomic mass is 9.95. The summed E-state index contributed by atoms with van der Waals surface area (Å²) in [6, 6.07) is 2.08. The van der Waals surface area contributed by atoms with Crippen molar-refractivity contribution in [2.24, 2.45) is 0 Å². The van der Waals surface area contributed by atoms with Crippen molar-refractivity contribution in [1.29, 1.82) is 0 Å². The Labute approximate surface area is 102 Å². The van der Waals surface area contributed by atoms with Gasteiger partial charge in [-0.05, 0) is 45.1 Å². The molecule has 2 unspecified atom stereocenters. The minimum absolute atomic E-state index is 0.00477. The topological polar surface area (TPSA) is 34.4 Å². The Hall–Kier alpha value is -0.800. The third kappa shape index (κ3) is 2.02. The molecular weight excluding hydrogens is 214 g/mol. The van der Waals surface area contributed by atoms with Gasteiger partial charge in [-0.2, -0.15) is 0 Å². The van der Waals surface area contributed by atoms with E-state index in [0.29, 0.717) is 0 Å². The first-order chi connectivity index (χ1) is 8.18. The number of fused-ring (bicyclic) bond motifs is 1. The summed E-state index contributed by atoms with van der Waals surface area (Å²) in [5.74, 6) is 0. The molecule has 1 N–H and O–H groups in total. The van der Waals surface area contributed by atoms with E-state index in [1.807, 2.05) is 0 Å². The standard InChI is InChI=1S/C14H21NO2/c1-14(7-3-9-17-14)10-15-8-6-11-12(15)4-2-5-13(11)16/h6,8,13,16H,2-5,7,9-10H2,1H3. The van der Waals surface area contributed by atoms with Crippen LogP contribution >= 0.6 is 0 Å². The second kappa shape index (κ2) is 4.14. The molecule has 3 heteroatoms. The van der Waals surface area contributed by atoms with Crippen LogP contribution in [0.2, 0.25) is 0 Å². The Morgan fingerprint density at radius 2 is 2.41 bits per heavy atom. The first-order valence-corrected chi connectivity index (χ1v) is 6.68. The van der Waals surface area contributed by atoms with Gasteiger partial charge in [0.2, 0.25) is 0 Å². The molecule has 0 amide bonds. The summed E-state index contributed by atoms with van der Waals surface area (Å²) in [4.78, 5) is 0. The molecule has 0 saturated carbocycles. The molecule has 2 atom stereocenters. The van der Waals surface area contributed by atoms with Gasteiger partial charge >= 0.3 is 0 Å². The highest BCUT2D eigenvalue weighted by Gasteiger charge is 2.31. The average molecular weight is 235 g/mol. The van der Waals surface area contributed by atoms with Crippen molar-refractivity contribution in [1.82, 2.24) is 4.57 Å². The van der Waals surface area contributed by atoms with Gasteiger partial charge in [0.15, 0.2) is 0 Å². The van der Waals surface area contributed by atoms with Crippen LogP contribution in [0.25, 0.3) is 0 Å². The van der Waals surface area contributed by atoms with Crippen LogP contribution < -0.4 is 0 Å². The Morgan fingerprint density at radius 1 is 1.53 bits per heavy atom. The number of hydrogen-bond acceptors (Lipinski definition) is 2. The first-order valence-electron chi connectivity index (χ1n) is 6.68. The number of nitrogens with zero attached hydrogens (tertiary/aromatic N) is 1. The molecule has 17 heavy (non-hydrogen) atoms. The molecule has 0 aromatic carbocycles. The monoisotopic (exact) mass is 235 g/mol. The van der Waals surface area contributed by atoms with E-state index in [9.17, 15) is 5.11 Å². The molecule has 1 fully saturated rings. The highest BCUT2D eigenvalue weighted by molar-refractivity contribution is 5.27. The SMILES string of the molecule is CC1(Cn2ccc3c2CCCC3O)CCCO1. The van der Waals surface area contributed by atoms with E-state index in [0.717, 1.165) is 44.4 Å². The Bertz CT molecular complexity index is 404. The van der Waals surface area contributed by atoms with Gasteiger partial charge in [0.25, 0.3) is 0 Å². The van der Waals surface area contributed by atoms with Gasteiger partial charge in [0, 0.05) is 24.1 Å². The molecule has 1 aliphatic carbocycles. The van der Waals surface area contributed by atoms with Gasteiger partial charge < -0.3 is 14.4 Å². The molecule has 2 aliphatic rings. The van der Waals surface area contributed by atoms with E-state index >= 15 is 0 Å². The zero-order chi connectivity index (χ0) is 11.9. The average Bonchev–Trinajstić information content (AvgIpc) is 2.88. The van der Waals surface area contributed by atoms with Gasteiger partial charge in [-0.1, -0.05) is 0 Å². The maximum Gasteiger partial charge on any atom is 0.0833 e. The zero-order valence-corrected chi connectivity index (χ0v) is 10.5. The van der Waals surface area contributed by atoms with Crippen LogP contribution in [0.4, 0.5) is 0 Å². The van der Waals surface area contributed by atoms with Crippen molar-refractivity contribution >= 4 is 0 Å². The lowest BCUT2D eigenvalue weighted by molar-refractivity contribution is 0.00547. The Kier molecular flexibility index (Phi) is 2.75. The molecule has 1 aromatic rings. The zero-order valence-electron chi connectivity index (χ0n) is 10.5. The molecule has 2 heterocycles. The van der Waals surface area contributed by atoms with Crippen LogP contribution in [-0.4, -0.2) is 21.9 Å². The largest absolute Gasteiger partial charge is 0.388 e. The molecule has 3 nitrogen and oxygen atoms in total. The normalized spacial score (nSPS) is 32.7. The molecule has 1 saturated heterocycles. The molecular formula is C14H21NO2. The predicted octanol–water partition coefficient (Wildman–Crippen LogP) is 2.43. The van der Waals surface area contributed by atoms with Gasteiger partial charge in [0.05, 0.1) is 18.2 Å². The van der Waals surface area contributed by atoms with E-state index in [1.54, 1.807) is 0 Å². The summed E-state index contributed by atoms with van der Waals surface area (Å²) in [7, 11) is 0. The fourth-order valence-electron chi connectivity index (χ4n) is 3.20. The Balaban J connectivity index is 1.84. The molecule has 3 rings (SSSR count). The van der Waals surface area contributed by atoms with Crippen LogP contribution in [0.1, 0.15) is 50.0 Å². The highest BCUT2D eigenvalue weighted by atomic mass is 16.5. The van der Waals surface area contributed by atoms with E-state index in [4.69, 9.17) is 4.74 Å². The molecule has 0 bridgehead atoms. The number of aliphatic hydroxyl groups excluding tert-OH is 1.